The van der Waals surface area contributed by atoms with E-state index in [0.717, 1.165) is 29.3 Å². The van der Waals surface area contributed by atoms with Gasteiger partial charge < -0.3 is 5.73 Å². The molecule has 1 saturated heterocycles. The molecule has 1 unspecified atom stereocenters. The summed E-state index contributed by atoms with van der Waals surface area (Å²) in [5.41, 5.74) is 7.60. The van der Waals surface area contributed by atoms with Gasteiger partial charge in [-0.3, -0.25) is 4.72 Å². The van der Waals surface area contributed by atoms with E-state index in [1.165, 1.54) is 4.31 Å². The van der Waals surface area contributed by atoms with Gasteiger partial charge in [0.2, 0.25) is 0 Å². The lowest BCUT2D eigenvalue weighted by atomic mass is 10.1. The standard InChI is InChI=1S/C13H20BrN3O2S/c1-9-7-11(14)8-12(15)13(9)16-20(18,19)17-6-4-3-5-10(17)2/h7-8,10,16H,3-6,15H2,1-2H3. The number of nitrogens with zero attached hydrogens (tertiary/aromatic N) is 1. The van der Waals surface area contributed by atoms with Gasteiger partial charge in [-0.15, -0.1) is 0 Å². The number of anilines is 2. The summed E-state index contributed by atoms with van der Waals surface area (Å²) < 4.78 is 30.0. The number of halogens is 1. The van der Waals surface area contributed by atoms with Gasteiger partial charge in [-0.05, 0) is 44.4 Å². The topological polar surface area (TPSA) is 75.4 Å². The van der Waals surface area contributed by atoms with Crippen LogP contribution in [0.2, 0.25) is 0 Å². The second-order valence-corrected chi connectivity index (χ2v) is 7.79. The third-order valence-electron chi connectivity index (χ3n) is 3.61. The number of nitrogens with two attached hydrogens (primary N) is 1. The van der Waals surface area contributed by atoms with Crippen molar-refractivity contribution in [3.8, 4) is 0 Å². The van der Waals surface area contributed by atoms with E-state index in [4.69, 9.17) is 5.73 Å². The van der Waals surface area contributed by atoms with Crippen LogP contribution in [-0.2, 0) is 10.2 Å². The minimum absolute atomic E-state index is 0.0261. The highest BCUT2D eigenvalue weighted by atomic mass is 79.9. The summed E-state index contributed by atoms with van der Waals surface area (Å²) in [6.07, 6.45) is 2.88. The van der Waals surface area contributed by atoms with Crippen LogP contribution in [0.5, 0.6) is 0 Å². The second kappa shape index (κ2) is 5.91. The summed E-state index contributed by atoms with van der Waals surface area (Å²) in [6, 6.07) is 3.57. The van der Waals surface area contributed by atoms with Crippen molar-refractivity contribution in [3.63, 3.8) is 0 Å². The number of nitrogen functional groups attached to an aromatic ring is 1. The Hall–Kier alpha value is -0.790. The number of nitrogens with one attached hydrogen (secondary N) is 1. The first-order valence-corrected chi connectivity index (χ1v) is 8.90. The first-order chi connectivity index (χ1) is 9.31. The molecule has 0 aromatic heterocycles. The molecular formula is C13H20BrN3O2S. The molecule has 112 valence electrons. The van der Waals surface area contributed by atoms with E-state index < -0.39 is 10.2 Å². The molecule has 1 aliphatic rings. The smallest absolute Gasteiger partial charge is 0.301 e. The molecule has 0 spiro atoms. The van der Waals surface area contributed by atoms with Gasteiger partial charge in [0.25, 0.3) is 0 Å². The Morgan fingerprint density at radius 2 is 2.10 bits per heavy atom. The van der Waals surface area contributed by atoms with Crippen LogP contribution in [-0.4, -0.2) is 25.3 Å². The predicted molar refractivity (Wildman–Crippen MR) is 85.9 cm³/mol. The van der Waals surface area contributed by atoms with Crippen LogP contribution >= 0.6 is 15.9 Å². The van der Waals surface area contributed by atoms with Gasteiger partial charge in [-0.1, -0.05) is 22.4 Å². The van der Waals surface area contributed by atoms with Crippen molar-refractivity contribution in [2.75, 3.05) is 17.0 Å². The van der Waals surface area contributed by atoms with Crippen LogP contribution in [0.3, 0.4) is 0 Å². The summed E-state index contributed by atoms with van der Waals surface area (Å²) in [5.74, 6) is 0. The number of hydrogen-bond acceptors (Lipinski definition) is 3. The molecule has 0 amide bonds. The zero-order valence-corrected chi connectivity index (χ0v) is 14.1. The van der Waals surface area contributed by atoms with E-state index in [9.17, 15) is 8.42 Å². The fourth-order valence-electron chi connectivity index (χ4n) is 2.52. The number of benzene rings is 1. The Morgan fingerprint density at radius 1 is 1.40 bits per heavy atom. The van der Waals surface area contributed by atoms with Crippen molar-refractivity contribution >= 4 is 37.5 Å². The van der Waals surface area contributed by atoms with Crippen LogP contribution in [0.1, 0.15) is 31.7 Å². The molecule has 3 N–H and O–H groups in total. The van der Waals surface area contributed by atoms with Crippen LogP contribution in [0.25, 0.3) is 0 Å². The van der Waals surface area contributed by atoms with Crippen molar-refractivity contribution in [2.24, 2.45) is 0 Å². The van der Waals surface area contributed by atoms with E-state index in [-0.39, 0.29) is 6.04 Å². The predicted octanol–water partition coefficient (Wildman–Crippen LogP) is 2.87. The largest absolute Gasteiger partial charge is 0.397 e. The average Bonchev–Trinajstić information content (AvgIpc) is 2.34. The Labute approximate surface area is 128 Å². The molecule has 1 aromatic carbocycles. The average molecular weight is 362 g/mol. The van der Waals surface area contributed by atoms with Gasteiger partial charge >= 0.3 is 10.2 Å². The van der Waals surface area contributed by atoms with Gasteiger partial charge in [-0.25, -0.2) is 0 Å². The Kier molecular flexibility index (Phi) is 4.61. The van der Waals surface area contributed by atoms with Crippen LogP contribution < -0.4 is 10.5 Å². The number of rotatable bonds is 3. The summed E-state index contributed by atoms with van der Waals surface area (Å²) >= 11 is 3.35. The first-order valence-electron chi connectivity index (χ1n) is 6.66. The third-order valence-corrected chi connectivity index (χ3v) is 5.69. The Morgan fingerprint density at radius 3 is 2.70 bits per heavy atom. The second-order valence-electron chi connectivity index (χ2n) is 5.25. The Balaban J connectivity index is 2.29. The SMILES string of the molecule is Cc1cc(Br)cc(N)c1NS(=O)(=O)N1CCCCC1C. The molecule has 1 fully saturated rings. The molecule has 5 nitrogen and oxygen atoms in total. The molecule has 0 aliphatic carbocycles. The summed E-state index contributed by atoms with van der Waals surface area (Å²) in [6.45, 7) is 4.33. The summed E-state index contributed by atoms with van der Waals surface area (Å²) in [4.78, 5) is 0. The summed E-state index contributed by atoms with van der Waals surface area (Å²) in [7, 11) is -3.56. The van der Waals surface area contributed by atoms with E-state index in [0.29, 0.717) is 17.9 Å². The monoisotopic (exact) mass is 361 g/mol. The van der Waals surface area contributed by atoms with E-state index in [1.54, 1.807) is 6.07 Å². The van der Waals surface area contributed by atoms with Crippen molar-refractivity contribution in [2.45, 2.75) is 39.2 Å². The van der Waals surface area contributed by atoms with Gasteiger partial charge in [0.15, 0.2) is 0 Å². The van der Waals surface area contributed by atoms with E-state index in [1.807, 2.05) is 19.9 Å². The summed E-state index contributed by atoms with van der Waals surface area (Å²) in [5, 5.41) is 0. The molecule has 1 heterocycles. The molecule has 20 heavy (non-hydrogen) atoms. The molecule has 7 heteroatoms. The van der Waals surface area contributed by atoms with Gasteiger partial charge in [0.1, 0.15) is 0 Å². The van der Waals surface area contributed by atoms with Crippen molar-refractivity contribution < 1.29 is 8.42 Å². The number of aryl methyl sites for hydroxylation is 1. The quantitative estimate of drug-likeness (QED) is 0.812. The van der Waals surface area contributed by atoms with Crippen LogP contribution in [0.15, 0.2) is 16.6 Å². The number of piperidine rings is 1. The third kappa shape index (κ3) is 3.27. The van der Waals surface area contributed by atoms with E-state index in [2.05, 4.69) is 20.7 Å². The molecule has 2 rings (SSSR count). The highest BCUT2D eigenvalue weighted by Crippen LogP contribution is 2.30. The maximum Gasteiger partial charge on any atom is 0.301 e. The Bertz CT molecular complexity index is 581. The van der Waals surface area contributed by atoms with Gasteiger partial charge in [0.05, 0.1) is 11.4 Å². The zero-order chi connectivity index (χ0) is 14.9. The highest BCUT2D eigenvalue weighted by Gasteiger charge is 2.30. The maximum absolute atomic E-state index is 12.5. The van der Waals surface area contributed by atoms with Crippen molar-refractivity contribution in [1.82, 2.24) is 4.31 Å². The van der Waals surface area contributed by atoms with Gasteiger partial charge in [0, 0.05) is 17.1 Å². The first kappa shape index (κ1) is 15.6. The minimum atomic E-state index is -3.56. The van der Waals surface area contributed by atoms with Crippen molar-refractivity contribution in [3.05, 3.63) is 22.2 Å². The lowest BCUT2D eigenvalue weighted by Gasteiger charge is -2.32. The van der Waals surface area contributed by atoms with Crippen molar-refractivity contribution in [1.29, 1.82) is 0 Å². The number of hydrogen-bond donors (Lipinski definition) is 2. The fourth-order valence-corrected chi connectivity index (χ4v) is 4.72. The molecule has 0 bridgehead atoms. The molecule has 1 atom stereocenters. The lowest BCUT2D eigenvalue weighted by molar-refractivity contribution is 0.270. The molecular weight excluding hydrogens is 342 g/mol. The van der Waals surface area contributed by atoms with Crippen LogP contribution in [0, 0.1) is 6.92 Å². The fraction of sp³-hybridized carbons (Fsp3) is 0.538. The molecule has 0 radical (unpaired) electrons. The highest BCUT2D eigenvalue weighted by molar-refractivity contribution is 9.10. The van der Waals surface area contributed by atoms with Crippen LogP contribution in [0.4, 0.5) is 11.4 Å². The molecule has 0 saturated carbocycles. The molecule has 1 aliphatic heterocycles. The molecule has 1 aromatic rings. The lowest BCUT2D eigenvalue weighted by Crippen LogP contribution is -2.45. The maximum atomic E-state index is 12.5. The zero-order valence-electron chi connectivity index (χ0n) is 11.7. The normalized spacial score (nSPS) is 20.9. The van der Waals surface area contributed by atoms with E-state index >= 15 is 0 Å². The van der Waals surface area contributed by atoms with Gasteiger partial charge in [-0.2, -0.15) is 12.7 Å². The minimum Gasteiger partial charge on any atom is -0.397 e.